The molecular formula is C22H19N3O4. The van der Waals surface area contributed by atoms with E-state index in [2.05, 4.69) is 10.2 Å². The lowest BCUT2D eigenvalue weighted by molar-refractivity contribution is 0.0280. The molecule has 7 heteroatoms. The van der Waals surface area contributed by atoms with Crippen LogP contribution in [0.4, 0.5) is 0 Å². The Balaban J connectivity index is 1.47. The molecule has 0 aliphatic rings. The highest BCUT2D eigenvalue weighted by Crippen LogP contribution is 2.25. The van der Waals surface area contributed by atoms with Gasteiger partial charge in [-0.1, -0.05) is 6.07 Å². The molecule has 2 heterocycles. The number of aromatic nitrogens is 3. The standard InChI is InChI=1S/C22H19N3O4/c1-15(20-23-24-21(29-20)16-8-10-19(27-2)11-9-16)28-22(26)17-6-5-7-18(14-17)25-12-3-4-13-25/h3-15H,1-2H3. The van der Waals surface area contributed by atoms with E-state index >= 15 is 0 Å². The number of benzene rings is 2. The monoisotopic (exact) mass is 389 g/mol. The van der Waals surface area contributed by atoms with Crippen molar-refractivity contribution in [2.45, 2.75) is 13.0 Å². The molecule has 1 unspecified atom stereocenters. The van der Waals surface area contributed by atoms with Crippen molar-refractivity contribution in [2.24, 2.45) is 0 Å². The highest BCUT2D eigenvalue weighted by molar-refractivity contribution is 5.90. The van der Waals surface area contributed by atoms with Crippen LogP contribution >= 0.6 is 0 Å². The molecular weight excluding hydrogens is 370 g/mol. The summed E-state index contributed by atoms with van der Waals surface area (Å²) in [6.45, 7) is 1.69. The third-order valence-electron chi connectivity index (χ3n) is 4.39. The van der Waals surface area contributed by atoms with Crippen LogP contribution in [0.3, 0.4) is 0 Å². The van der Waals surface area contributed by atoms with Crippen molar-refractivity contribution in [3.63, 3.8) is 0 Å². The summed E-state index contributed by atoms with van der Waals surface area (Å²) in [5.41, 5.74) is 2.07. The Labute approximate surface area is 167 Å². The fourth-order valence-electron chi connectivity index (χ4n) is 2.83. The topological polar surface area (TPSA) is 79.4 Å². The molecule has 0 aliphatic heterocycles. The largest absolute Gasteiger partial charge is 0.497 e. The Morgan fingerprint density at radius 3 is 2.52 bits per heavy atom. The second kappa shape index (κ2) is 8.02. The van der Waals surface area contributed by atoms with Crippen molar-refractivity contribution in [3.8, 4) is 22.9 Å². The SMILES string of the molecule is COc1ccc(-c2nnc(C(C)OC(=O)c3cccc(-n4cccc4)c3)o2)cc1. The lowest BCUT2D eigenvalue weighted by Gasteiger charge is -2.10. The molecule has 29 heavy (non-hydrogen) atoms. The van der Waals surface area contributed by atoms with Crippen molar-refractivity contribution in [1.82, 2.24) is 14.8 Å². The Hall–Kier alpha value is -3.87. The van der Waals surface area contributed by atoms with E-state index in [1.807, 2.05) is 53.4 Å². The van der Waals surface area contributed by atoms with Crippen molar-refractivity contribution in [1.29, 1.82) is 0 Å². The Morgan fingerprint density at radius 1 is 1.03 bits per heavy atom. The van der Waals surface area contributed by atoms with Gasteiger partial charge in [0.1, 0.15) is 5.75 Å². The number of carbonyl (C=O) groups excluding carboxylic acids is 1. The van der Waals surface area contributed by atoms with Crippen LogP contribution in [-0.4, -0.2) is 27.8 Å². The second-order valence-electron chi connectivity index (χ2n) is 6.36. The van der Waals surface area contributed by atoms with Crippen molar-refractivity contribution >= 4 is 5.97 Å². The first-order chi connectivity index (χ1) is 14.1. The lowest BCUT2D eigenvalue weighted by Crippen LogP contribution is -2.10. The van der Waals surface area contributed by atoms with E-state index in [4.69, 9.17) is 13.9 Å². The first-order valence-corrected chi connectivity index (χ1v) is 9.06. The van der Waals surface area contributed by atoms with Gasteiger partial charge in [-0.05, 0) is 61.5 Å². The maximum absolute atomic E-state index is 12.6. The molecule has 2 aromatic carbocycles. The summed E-state index contributed by atoms with van der Waals surface area (Å²) in [4.78, 5) is 12.6. The van der Waals surface area contributed by atoms with Gasteiger partial charge >= 0.3 is 5.97 Å². The van der Waals surface area contributed by atoms with Crippen molar-refractivity contribution in [2.75, 3.05) is 7.11 Å². The van der Waals surface area contributed by atoms with Gasteiger partial charge in [-0.3, -0.25) is 0 Å². The number of hydrogen-bond acceptors (Lipinski definition) is 6. The summed E-state index contributed by atoms with van der Waals surface area (Å²) in [7, 11) is 1.60. The van der Waals surface area contributed by atoms with Crippen LogP contribution in [0.5, 0.6) is 5.75 Å². The van der Waals surface area contributed by atoms with Crippen molar-refractivity contribution in [3.05, 3.63) is 84.5 Å². The number of esters is 1. The summed E-state index contributed by atoms with van der Waals surface area (Å²) in [5.74, 6) is 0.847. The predicted molar refractivity (Wildman–Crippen MR) is 106 cm³/mol. The summed E-state index contributed by atoms with van der Waals surface area (Å²) >= 11 is 0. The van der Waals surface area contributed by atoms with Gasteiger partial charge in [0, 0.05) is 23.6 Å². The van der Waals surface area contributed by atoms with E-state index < -0.39 is 12.1 Å². The summed E-state index contributed by atoms with van der Waals surface area (Å²) < 4.78 is 18.3. The van der Waals surface area contributed by atoms with E-state index in [-0.39, 0.29) is 5.89 Å². The number of ether oxygens (including phenoxy) is 2. The zero-order chi connectivity index (χ0) is 20.2. The average molecular weight is 389 g/mol. The van der Waals surface area contributed by atoms with Gasteiger partial charge < -0.3 is 18.5 Å². The minimum Gasteiger partial charge on any atom is -0.497 e. The highest BCUT2D eigenvalue weighted by Gasteiger charge is 2.20. The van der Waals surface area contributed by atoms with Crippen LogP contribution in [0.15, 0.2) is 77.5 Å². The van der Waals surface area contributed by atoms with Crippen LogP contribution < -0.4 is 4.74 Å². The first kappa shape index (κ1) is 18.5. The molecule has 4 rings (SSSR count). The van der Waals surface area contributed by atoms with Crippen LogP contribution in [0.1, 0.15) is 29.3 Å². The van der Waals surface area contributed by atoms with Gasteiger partial charge in [0.15, 0.2) is 6.10 Å². The number of hydrogen-bond donors (Lipinski definition) is 0. The van der Waals surface area contributed by atoms with E-state index in [0.717, 1.165) is 17.0 Å². The molecule has 7 nitrogen and oxygen atoms in total. The Bertz CT molecular complexity index is 1100. The molecule has 0 amide bonds. The molecule has 0 fully saturated rings. The van der Waals surface area contributed by atoms with Gasteiger partial charge in [0.05, 0.1) is 12.7 Å². The summed E-state index contributed by atoms with van der Waals surface area (Å²) in [5, 5.41) is 8.05. The minimum atomic E-state index is -0.683. The van der Waals surface area contributed by atoms with Crippen LogP contribution in [0, 0.1) is 0 Å². The molecule has 0 radical (unpaired) electrons. The Morgan fingerprint density at radius 2 is 1.79 bits per heavy atom. The molecule has 0 bridgehead atoms. The van der Waals surface area contributed by atoms with Gasteiger partial charge in [0.25, 0.3) is 5.89 Å². The zero-order valence-corrected chi connectivity index (χ0v) is 16.0. The molecule has 1 atom stereocenters. The third kappa shape index (κ3) is 4.03. The zero-order valence-electron chi connectivity index (χ0n) is 16.0. The predicted octanol–water partition coefficient (Wildman–Crippen LogP) is 4.45. The van der Waals surface area contributed by atoms with Crippen LogP contribution in [-0.2, 0) is 4.74 Å². The lowest BCUT2D eigenvalue weighted by atomic mass is 10.2. The molecule has 2 aromatic heterocycles. The summed E-state index contributed by atoms with van der Waals surface area (Å²) in [6.07, 6.45) is 3.13. The molecule has 4 aromatic rings. The van der Waals surface area contributed by atoms with E-state index in [0.29, 0.717) is 11.5 Å². The minimum absolute atomic E-state index is 0.228. The molecule has 0 aliphatic carbocycles. The quantitative estimate of drug-likeness (QED) is 0.453. The molecule has 0 saturated carbocycles. The van der Waals surface area contributed by atoms with Gasteiger partial charge in [-0.25, -0.2) is 4.79 Å². The number of nitrogens with zero attached hydrogens (tertiary/aromatic N) is 3. The van der Waals surface area contributed by atoms with Gasteiger partial charge in [-0.15, -0.1) is 10.2 Å². The van der Waals surface area contributed by atoms with Gasteiger partial charge in [-0.2, -0.15) is 0 Å². The molecule has 0 spiro atoms. The average Bonchev–Trinajstić information content (AvgIpc) is 3.46. The molecule has 0 N–H and O–H groups in total. The van der Waals surface area contributed by atoms with Crippen LogP contribution in [0.25, 0.3) is 17.1 Å². The third-order valence-corrected chi connectivity index (χ3v) is 4.39. The smallest absolute Gasteiger partial charge is 0.338 e. The van der Waals surface area contributed by atoms with Gasteiger partial charge in [0.2, 0.25) is 5.89 Å². The number of methoxy groups -OCH3 is 1. The van der Waals surface area contributed by atoms with Crippen LogP contribution in [0.2, 0.25) is 0 Å². The van der Waals surface area contributed by atoms with E-state index in [9.17, 15) is 4.79 Å². The fraction of sp³-hybridized carbons (Fsp3) is 0.136. The Kier molecular flexibility index (Phi) is 5.11. The highest BCUT2D eigenvalue weighted by atomic mass is 16.6. The summed E-state index contributed by atoms with van der Waals surface area (Å²) in [6, 6.07) is 18.3. The first-order valence-electron chi connectivity index (χ1n) is 9.06. The molecule has 146 valence electrons. The normalized spacial score (nSPS) is 11.8. The second-order valence-corrected chi connectivity index (χ2v) is 6.36. The number of carbonyl (C=O) groups is 1. The fourth-order valence-corrected chi connectivity index (χ4v) is 2.83. The number of rotatable bonds is 6. The van der Waals surface area contributed by atoms with E-state index in [1.54, 1.807) is 38.3 Å². The maximum atomic E-state index is 12.6. The van der Waals surface area contributed by atoms with E-state index in [1.165, 1.54) is 0 Å². The maximum Gasteiger partial charge on any atom is 0.338 e. The molecule has 0 saturated heterocycles. The van der Waals surface area contributed by atoms with Crippen molar-refractivity contribution < 1.29 is 18.7 Å².